The zero-order valence-electron chi connectivity index (χ0n) is 33.3. The number of aryl methyl sites for hydroxylation is 1. The molecule has 322 valence electrons. The molecule has 0 aliphatic carbocycles. The van der Waals surface area contributed by atoms with E-state index in [2.05, 4.69) is 30.9 Å². The first-order valence-electron chi connectivity index (χ1n) is 19.0. The highest BCUT2D eigenvalue weighted by Gasteiger charge is 2.51. The van der Waals surface area contributed by atoms with E-state index < -0.39 is 63.8 Å². The number of H-pyrrole nitrogens is 1. The zero-order chi connectivity index (χ0) is 45.0. The molecule has 8 rings (SSSR count). The third-order valence-corrected chi connectivity index (χ3v) is 11.0. The van der Waals surface area contributed by atoms with Crippen molar-refractivity contribution in [2.24, 2.45) is 7.05 Å². The summed E-state index contributed by atoms with van der Waals surface area (Å²) in [4.78, 5) is 45.5. The number of ether oxygens (including phenoxy) is 2. The van der Waals surface area contributed by atoms with Crippen molar-refractivity contribution in [3.05, 3.63) is 129 Å². The maximum Gasteiger partial charge on any atom is 0.417 e. The molecule has 4 heterocycles. The van der Waals surface area contributed by atoms with Gasteiger partial charge in [0.2, 0.25) is 5.91 Å². The Balaban J connectivity index is 0.869. The van der Waals surface area contributed by atoms with Gasteiger partial charge in [-0.2, -0.15) is 28.6 Å². The fourth-order valence-corrected chi connectivity index (χ4v) is 8.24. The van der Waals surface area contributed by atoms with Gasteiger partial charge < -0.3 is 25.0 Å². The Hall–Kier alpha value is -7.31. The van der Waals surface area contributed by atoms with Gasteiger partial charge in [0.05, 0.1) is 52.5 Å². The lowest BCUT2D eigenvalue weighted by atomic mass is 9.83. The molecule has 15 nitrogen and oxygen atoms in total. The summed E-state index contributed by atoms with van der Waals surface area (Å²) in [6.45, 7) is 2.36. The first-order chi connectivity index (χ1) is 30.0. The standard InChI is InChI=1S/C42H33F5N10O5S/c1-41(2)39(60)56(25-9-6-22(18-48)28(16-25)42(45,46)47)40(63)57(41)26-10-11-31(29(44)17-26)62-13-12-61-19-32(58)51-24-7-4-21(5-8-24)35-34(37-49-20-50-55(37)3)36-33-27(38(59)54-53-36)14-23(43)15-30(33)52-35/h4-11,14-17,20,34-35,52H,12-13,19H2,1-3H3,(H,51,58)(H,54,59)/t34-,35-/m1/s1. The largest absolute Gasteiger partial charge is 0.488 e. The van der Waals surface area contributed by atoms with E-state index in [1.165, 1.54) is 55.4 Å². The van der Waals surface area contributed by atoms with Crippen molar-refractivity contribution in [1.29, 1.82) is 5.26 Å². The predicted octanol–water partition coefficient (Wildman–Crippen LogP) is 6.47. The number of rotatable bonds is 11. The second-order valence-corrected chi connectivity index (χ2v) is 15.4. The van der Waals surface area contributed by atoms with Crippen LogP contribution in [-0.2, 0) is 27.5 Å². The number of alkyl halides is 3. The van der Waals surface area contributed by atoms with Crippen LogP contribution in [0.2, 0.25) is 0 Å². The van der Waals surface area contributed by atoms with Crippen LogP contribution in [-0.4, -0.2) is 67.2 Å². The molecule has 6 aromatic rings. The predicted molar refractivity (Wildman–Crippen MR) is 222 cm³/mol. The number of halogens is 5. The van der Waals surface area contributed by atoms with Crippen molar-refractivity contribution in [2.45, 2.75) is 37.5 Å². The summed E-state index contributed by atoms with van der Waals surface area (Å²) in [5.74, 6) is -2.77. The highest BCUT2D eigenvalue weighted by atomic mass is 32.1. The molecule has 0 spiro atoms. The fraction of sp³-hybridized carbons (Fsp3) is 0.238. The van der Waals surface area contributed by atoms with Crippen molar-refractivity contribution in [1.82, 2.24) is 25.0 Å². The number of carbonyl (C=O) groups excluding carboxylic acids is 2. The number of amides is 2. The number of thiocarbonyl (C=S) groups is 1. The number of hydrogen-bond donors (Lipinski definition) is 3. The van der Waals surface area contributed by atoms with Crippen molar-refractivity contribution < 1.29 is 41.0 Å². The van der Waals surface area contributed by atoms with Crippen LogP contribution in [0.1, 0.15) is 54.0 Å². The van der Waals surface area contributed by atoms with Gasteiger partial charge >= 0.3 is 6.18 Å². The Kier molecular flexibility index (Phi) is 10.9. The highest BCUT2D eigenvalue weighted by molar-refractivity contribution is 7.81. The third-order valence-electron chi connectivity index (χ3n) is 10.6. The second kappa shape index (κ2) is 16.2. The third kappa shape index (κ3) is 7.78. The van der Waals surface area contributed by atoms with Crippen molar-refractivity contribution in [2.75, 3.05) is 40.3 Å². The lowest BCUT2D eigenvalue weighted by molar-refractivity contribution is -0.137. The van der Waals surface area contributed by atoms with Crippen LogP contribution in [0, 0.1) is 23.0 Å². The van der Waals surface area contributed by atoms with Crippen LogP contribution in [0.3, 0.4) is 0 Å². The van der Waals surface area contributed by atoms with E-state index in [0.717, 1.165) is 28.7 Å². The quantitative estimate of drug-likeness (QED) is 0.0734. The summed E-state index contributed by atoms with van der Waals surface area (Å²) >= 11 is 5.52. The number of nitrogens with one attached hydrogen (secondary N) is 3. The monoisotopic (exact) mass is 884 g/mol. The summed E-state index contributed by atoms with van der Waals surface area (Å²) in [6.07, 6.45) is -3.47. The molecule has 1 saturated heterocycles. The minimum absolute atomic E-state index is 0.102. The Bertz CT molecular complexity index is 2930. The average Bonchev–Trinajstić information content (AvgIpc) is 3.74. The maximum absolute atomic E-state index is 15.4. The van der Waals surface area contributed by atoms with Crippen molar-refractivity contribution >= 4 is 62.7 Å². The molecule has 63 heavy (non-hydrogen) atoms. The lowest BCUT2D eigenvalue weighted by Gasteiger charge is -2.33. The van der Waals surface area contributed by atoms with Gasteiger partial charge in [-0.3, -0.25) is 24.0 Å². The first kappa shape index (κ1) is 42.4. The average molecular weight is 885 g/mol. The topological polar surface area (TPSA) is 183 Å². The number of nitrogens with zero attached hydrogens (tertiary/aromatic N) is 7. The number of hydrogen-bond acceptors (Lipinski definition) is 11. The molecule has 0 bridgehead atoms. The number of aromatic nitrogens is 5. The lowest BCUT2D eigenvalue weighted by Crippen LogP contribution is -2.44. The summed E-state index contributed by atoms with van der Waals surface area (Å²) in [5.41, 5.74) is -1.85. The number of aromatic amines is 1. The van der Waals surface area contributed by atoms with Gasteiger partial charge in [-0.05, 0) is 86.2 Å². The minimum atomic E-state index is -4.87. The molecule has 1 fully saturated rings. The molecule has 0 saturated carbocycles. The van der Waals surface area contributed by atoms with E-state index in [1.807, 2.05) is 0 Å². The number of carbonyl (C=O) groups is 2. The number of benzene rings is 4. The van der Waals surface area contributed by atoms with Gasteiger partial charge in [-0.1, -0.05) is 12.1 Å². The number of nitriles is 1. The summed E-state index contributed by atoms with van der Waals surface area (Å²) in [7, 11) is 1.73. The van der Waals surface area contributed by atoms with Crippen LogP contribution >= 0.6 is 12.2 Å². The molecule has 2 aliphatic heterocycles. The van der Waals surface area contributed by atoms with E-state index in [9.17, 15) is 37.2 Å². The Morgan fingerprint density at radius 2 is 1.76 bits per heavy atom. The van der Waals surface area contributed by atoms with Crippen LogP contribution in [0.15, 0.2) is 83.9 Å². The Morgan fingerprint density at radius 3 is 2.44 bits per heavy atom. The molecule has 2 atom stereocenters. The molecular weight excluding hydrogens is 852 g/mol. The first-order valence-corrected chi connectivity index (χ1v) is 19.4. The smallest absolute Gasteiger partial charge is 0.417 e. The molecule has 21 heteroatoms. The molecule has 4 aromatic carbocycles. The SMILES string of the molecule is Cn1ncnc1[C@H]1c2n[nH]c(=O)c3cc(F)cc(c23)N[C@@H]1c1ccc(NC(=O)COCCOc2ccc(N3C(=S)N(c4ccc(C#N)c(C(F)(F)F)c4)C(=O)C3(C)C)cc2F)cc1. The second-order valence-electron chi connectivity index (χ2n) is 15.0. The van der Waals surface area contributed by atoms with Gasteiger partial charge in [0.25, 0.3) is 11.5 Å². The maximum atomic E-state index is 15.4. The number of anilines is 4. The molecule has 2 amide bonds. The van der Waals surface area contributed by atoms with E-state index in [1.54, 1.807) is 36.0 Å². The van der Waals surface area contributed by atoms with Gasteiger partial charge in [0.15, 0.2) is 16.7 Å². The van der Waals surface area contributed by atoms with Crippen LogP contribution in [0.25, 0.3) is 10.8 Å². The summed E-state index contributed by atoms with van der Waals surface area (Å²) < 4.78 is 83.7. The van der Waals surface area contributed by atoms with Crippen LogP contribution in [0.5, 0.6) is 5.75 Å². The van der Waals surface area contributed by atoms with Crippen LogP contribution < -0.4 is 30.7 Å². The molecule has 0 unspecified atom stereocenters. The normalized spacial score (nSPS) is 16.9. The molecule has 2 aliphatic rings. The van der Waals surface area contributed by atoms with E-state index in [0.29, 0.717) is 34.3 Å². The molecule has 3 N–H and O–H groups in total. The van der Waals surface area contributed by atoms with Gasteiger partial charge in [-0.15, -0.1) is 0 Å². The van der Waals surface area contributed by atoms with E-state index in [4.69, 9.17) is 21.7 Å². The highest BCUT2D eigenvalue weighted by Crippen LogP contribution is 2.46. The summed E-state index contributed by atoms with van der Waals surface area (Å²) in [6, 6.07) is 16.9. The van der Waals surface area contributed by atoms with Crippen LogP contribution in [0.4, 0.5) is 44.7 Å². The Morgan fingerprint density at radius 1 is 1.02 bits per heavy atom. The van der Waals surface area contributed by atoms with Gasteiger partial charge in [0.1, 0.15) is 36.7 Å². The fourth-order valence-electron chi connectivity index (χ4n) is 7.72. The van der Waals surface area contributed by atoms with Crippen molar-refractivity contribution in [3.8, 4) is 11.8 Å². The van der Waals surface area contributed by atoms with Gasteiger partial charge in [-0.25, -0.2) is 18.9 Å². The Labute approximate surface area is 359 Å². The van der Waals surface area contributed by atoms with E-state index in [-0.39, 0.29) is 47.4 Å². The van der Waals surface area contributed by atoms with E-state index >= 15 is 4.39 Å². The zero-order valence-corrected chi connectivity index (χ0v) is 34.1. The molecular formula is C42H33F5N10O5S. The molecule has 2 aromatic heterocycles. The summed E-state index contributed by atoms with van der Waals surface area (Å²) in [5, 5.41) is 26.7. The van der Waals surface area contributed by atoms with Crippen molar-refractivity contribution in [3.63, 3.8) is 0 Å². The minimum Gasteiger partial charge on any atom is -0.488 e. The van der Waals surface area contributed by atoms with Gasteiger partial charge in [0, 0.05) is 35.6 Å². The molecule has 0 radical (unpaired) electrons.